The van der Waals surface area contributed by atoms with E-state index >= 15 is 0 Å². The Morgan fingerprint density at radius 3 is 1.48 bits per heavy atom. The minimum Gasteiger partial charge on any atom is -0.327 e. The molecule has 1 fully saturated rings. The monoisotopic (exact) mass is 355 g/mol. The van der Waals surface area contributed by atoms with Crippen LogP contribution in [0.5, 0.6) is 0 Å². The lowest BCUT2D eigenvalue weighted by atomic mass is 9.71. The second kappa shape index (κ2) is 5.92. The molecule has 0 radical (unpaired) electrons. The lowest BCUT2D eigenvalue weighted by Crippen LogP contribution is -2.65. The molecule has 0 aliphatic heterocycles. The fraction of sp³-hybridized carbons (Fsp3) is 0.889. The number of hydrogen-bond acceptors (Lipinski definition) is 3. The van der Waals surface area contributed by atoms with Crippen molar-refractivity contribution in [3.05, 3.63) is 0 Å². The SMILES string of the molecule is CC(C)(C)[Si](C)(C)C(=O)[C@H]1[C@H](N)C[C@@H]1C(=O)[Si](C)(C)C(C)(C)C. The number of hydrogen-bond donors (Lipinski definition) is 1. The zero-order chi connectivity index (χ0) is 18.6. The molecule has 0 unspecified atom stereocenters. The van der Waals surface area contributed by atoms with Gasteiger partial charge in [-0.2, -0.15) is 0 Å². The van der Waals surface area contributed by atoms with Crippen LogP contribution in [-0.2, 0) is 9.59 Å². The minimum atomic E-state index is -2.13. The van der Waals surface area contributed by atoms with Gasteiger partial charge >= 0.3 is 0 Å². The maximum Gasteiger partial charge on any atom is 0.132 e. The van der Waals surface area contributed by atoms with E-state index in [2.05, 4.69) is 67.7 Å². The third-order valence-electron chi connectivity index (χ3n) is 7.04. The standard InChI is InChI=1S/C18H37NO2Si2/c1-17(2,3)22(7,8)15(20)12-11-13(19)14(12)16(21)23(9,10)18(4,5)6/h12-14H,11,19H2,1-10H3/t12-,13+,14+/m0/s1. The maximum absolute atomic E-state index is 13.2. The van der Waals surface area contributed by atoms with Crippen LogP contribution in [0.15, 0.2) is 0 Å². The normalized spacial score (nSPS) is 26.7. The fourth-order valence-corrected chi connectivity index (χ4v) is 6.91. The van der Waals surface area contributed by atoms with Gasteiger partial charge in [0.2, 0.25) is 0 Å². The molecule has 3 atom stereocenters. The van der Waals surface area contributed by atoms with Crippen molar-refractivity contribution in [2.24, 2.45) is 17.6 Å². The summed E-state index contributed by atoms with van der Waals surface area (Å²) < 4.78 is 0. The largest absolute Gasteiger partial charge is 0.327 e. The first-order valence-electron chi connectivity index (χ1n) is 8.80. The lowest BCUT2D eigenvalue weighted by Gasteiger charge is -2.50. The summed E-state index contributed by atoms with van der Waals surface area (Å²) in [5, 5.41) is 0.655. The van der Waals surface area contributed by atoms with Gasteiger partial charge in [0.25, 0.3) is 0 Å². The van der Waals surface area contributed by atoms with Gasteiger partial charge in [-0.25, -0.2) is 0 Å². The van der Waals surface area contributed by atoms with Crippen molar-refractivity contribution in [3.63, 3.8) is 0 Å². The number of carbonyl (C=O) groups excluding carboxylic acids is 2. The Labute approximate surface area is 144 Å². The molecule has 134 valence electrons. The molecular formula is C18H37NO2Si2. The van der Waals surface area contributed by atoms with E-state index < -0.39 is 16.1 Å². The molecule has 0 amide bonds. The van der Waals surface area contributed by atoms with E-state index in [0.717, 1.165) is 0 Å². The molecule has 0 saturated heterocycles. The Balaban J connectivity index is 3.11. The molecule has 0 aromatic rings. The molecule has 3 nitrogen and oxygen atoms in total. The zero-order valence-electron chi connectivity index (χ0n) is 16.8. The molecule has 2 N–H and O–H groups in total. The van der Waals surface area contributed by atoms with Gasteiger partial charge in [-0.3, -0.25) is 0 Å². The van der Waals surface area contributed by atoms with Gasteiger partial charge in [0.1, 0.15) is 27.0 Å². The van der Waals surface area contributed by atoms with Crippen LogP contribution in [0.25, 0.3) is 0 Å². The molecule has 5 heteroatoms. The molecule has 0 aromatic heterocycles. The summed E-state index contributed by atoms with van der Waals surface area (Å²) in [7, 11) is -4.23. The molecule has 0 aromatic carbocycles. The highest BCUT2D eigenvalue weighted by Crippen LogP contribution is 2.47. The molecule has 0 spiro atoms. The molecule has 23 heavy (non-hydrogen) atoms. The molecule has 0 heterocycles. The Morgan fingerprint density at radius 2 is 1.17 bits per heavy atom. The predicted molar refractivity (Wildman–Crippen MR) is 104 cm³/mol. The molecule has 1 aliphatic rings. The summed E-state index contributed by atoms with van der Waals surface area (Å²) >= 11 is 0. The van der Waals surface area contributed by atoms with Gasteiger partial charge in [-0.15, -0.1) is 0 Å². The van der Waals surface area contributed by atoms with Gasteiger partial charge in [0.05, 0.1) is 0 Å². The van der Waals surface area contributed by atoms with Crippen LogP contribution in [0.1, 0.15) is 48.0 Å². The van der Waals surface area contributed by atoms with Crippen LogP contribution in [-0.4, -0.2) is 33.0 Å². The average molecular weight is 356 g/mol. The molecular weight excluding hydrogens is 318 g/mol. The van der Waals surface area contributed by atoms with Gasteiger partial charge in [0.15, 0.2) is 0 Å². The van der Waals surface area contributed by atoms with Crippen molar-refractivity contribution in [1.82, 2.24) is 0 Å². The van der Waals surface area contributed by atoms with Crippen molar-refractivity contribution < 1.29 is 9.59 Å². The average Bonchev–Trinajstić information content (AvgIpc) is 2.31. The molecule has 0 bridgehead atoms. The summed E-state index contributed by atoms with van der Waals surface area (Å²) in [4.78, 5) is 26.4. The molecule has 1 aliphatic carbocycles. The fourth-order valence-electron chi connectivity index (χ4n) is 2.96. The van der Waals surface area contributed by atoms with Crippen molar-refractivity contribution in [2.75, 3.05) is 0 Å². The summed E-state index contributed by atoms with van der Waals surface area (Å²) in [5.41, 5.74) is 6.21. The highest BCUT2D eigenvalue weighted by molar-refractivity contribution is 7.08. The van der Waals surface area contributed by atoms with E-state index in [-0.39, 0.29) is 28.0 Å². The van der Waals surface area contributed by atoms with Crippen LogP contribution in [0.2, 0.25) is 36.3 Å². The highest BCUT2D eigenvalue weighted by atomic mass is 28.3. The van der Waals surface area contributed by atoms with Crippen LogP contribution in [0, 0.1) is 11.8 Å². The van der Waals surface area contributed by atoms with E-state index in [1.54, 1.807) is 0 Å². The van der Waals surface area contributed by atoms with Crippen molar-refractivity contribution in [1.29, 1.82) is 0 Å². The predicted octanol–water partition coefficient (Wildman–Crippen LogP) is 4.18. The van der Waals surface area contributed by atoms with E-state index in [1.165, 1.54) is 0 Å². The zero-order valence-corrected chi connectivity index (χ0v) is 18.8. The number of nitrogens with two attached hydrogens (primary N) is 1. The van der Waals surface area contributed by atoms with E-state index in [9.17, 15) is 9.59 Å². The van der Waals surface area contributed by atoms with Crippen molar-refractivity contribution >= 4 is 27.0 Å². The van der Waals surface area contributed by atoms with E-state index in [1.807, 2.05) is 0 Å². The van der Waals surface area contributed by atoms with E-state index in [0.29, 0.717) is 17.2 Å². The first-order valence-corrected chi connectivity index (χ1v) is 14.8. The minimum absolute atomic E-state index is 0.00827. The summed E-state index contributed by atoms with van der Waals surface area (Å²) in [5.74, 6) is -0.370. The number of rotatable bonds is 4. The Hall–Kier alpha value is -0.266. The van der Waals surface area contributed by atoms with Crippen LogP contribution in [0.4, 0.5) is 0 Å². The van der Waals surface area contributed by atoms with Crippen molar-refractivity contribution in [2.45, 2.75) is 90.3 Å². The lowest BCUT2D eigenvalue weighted by molar-refractivity contribution is -0.131. The Kier molecular flexibility index (Phi) is 5.35. The van der Waals surface area contributed by atoms with Gasteiger partial charge in [-0.1, -0.05) is 67.7 Å². The van der Waals surface area contributed by atoms with Crippen LogP contribution >= 0.6 is 0 Å². The van der Waals surface area contributed by atoms with Crippen LogP contribution < -0.4 is 5.73 Å². The number of carbonyl (C=O) groups is 2. The second-order valence-corrected chi connectivity index (χ2v) is 21.0. The quantitative estimate of drug-likeness (QED) is 0.769. The topological polar surface area (TPSA) is 60.2 Å². The summed E-state index contributed by atoms with van der Waals surface area (Å²) in [6, 6.07) is -0.129. The second-order valence-electron chi connectivity index (χ2n) is 10.5. The van der Waals surface area contributed by atoms with Gasteiger partial charge in [-0.05, 0) is 16.5 Å². The summed E-state index contributed by atoms with van der Waals surface area (Å²) in [6.45, 7) is 21.5. The highest BCUT2D eigenvalue weighted by Gasteiger charge is 2.57. The Bertz CT molecular complexity index is 498. The third kappa shape index (κ3) is 3.42. The van der Waals surface area contributed by atoms with Gasteiger partial charge in [0, 0.05) is 17.9 Å². The van der Waals surface area contributed by atoms with Gasteiger partial charge < -0.3 is 15.3 Å². The maximum atomic E-state index is 13.2. The first kappa shape index (κ1) is 20.8. The third-order valence-corrected chi connectivity index (χ3v) is 17.7. The molecule has 1 saturated carbocycles. The first-order chi connectivity index (χ1) is 9.96. The van der Waals surface area contributed by atoms with E-state index in [4.69, 9.17) is 5.73 Å². The summed E-state index contributed by atoms with van der Waals surface area (Å²) in [6.07, 6.45) is 0.691. The van der Waals surface area contributed by atoms with Crippen molar-refractivity contribution in [3.8, 4) is 0 Å². The Morgan fingerprint density at radius 1 is 0.826 bits per heavy atom. The van der Waals surface area contributed by atoms with Crippen LogP contribution in [0.3, 0.4) is 0 Å². The smallest absolute Gasteiger partial charge is 0.132 e. The molecule has 1 rings (SSSR count).